The van der Waals surface area contributed by atoms with E-state index in [1.165, 1.54) is 11.8 Å². The third-order valence-electron chi connectivity index (χ3n) is 4.37. The number of hydrogen-bond donors (Lipinski definition) is 7. The molecule has 0 saturated carbocycles. The van der Waals surface area contributed by atoms with Gasteiger partial charge in [0.05, 0.1) is 12.6 Å². The number of thioether (sulfide) groups is 1. The Morgan fingerprint density at radius 1 is 1.07 bits per heavy atom. The van der Waals surface area contributed by atoms with Crippen LogP contribution in [0.1, 0.15) is 26.7 Å². The number of rotatable bonds is 14. The summed E-state index contributed by atoms with van der Waals surface area (Å²) >= 11 is 5.35. The van der Waals surface area contributed by atoms with Gasteiger partial charge in [0.2, 0.25) is 17.7 Å². The maximum atomic E-state index is 12.7. The van der Waals surface area contributed by atoms with E-state index in [1.807, 2.05) is 13.2 Å². The van der Waals surface area contributed by atoms with E-state index < -0.39 is 54.5 Å². The number of carboxylic acid groups (broad SMARTS) is 1. The lowest BCUT2D eigenvalue weighted by Crippen LogP contribution is -2.59. The Labute approximate surface area is 180 Å². The quantitative estimate of drug-likeness (QED) is 0.157. The van der Waals surface area contributed by atoms with Crippen LogP contribution in [0.3, 0.4) is 0 Å². The molecule has 0 aliphatic heterocycles. The fourth-order valence-corrected chi connectivity index (χ4v) is 2.90. The highest BCUT2D eigenvalue weighted by Crippen LogP contribution is 2.10. The van der Waals surface area contributed by atoms with Crippen molar-refractivity contribution in [2.24, 2.45) is 11.7 Å². The average molecular weight is 453 g/mol. The molecule has 0 spiro atoms. The number of nitrogens with one attached hydrogen (secondary N) is 3. The van der Waals surface area contributed by atoms with Crippen molar-refractivity contribution in [1.82, 2.24) is 16.0 Å². The van der Waals surface area contributed by atoms with Crippen molar-refractivity contribution < 1.29 is 29.4 Å². The van der Waals surface area contributed by atoms with E-state index in [-0.39, 0.29) is 18.1 Å². The predicted octanol–water partition coefficient (Wildman–Crippen LogP) is -1.43. The molecule has 0 fully saturated rings. The van der Waals surface area contributed by atoms with Gasteiger partial charge < -0.3 is 31.9 Å². The molecular formula is C17H32N4O6S2. The van der Waals surface area contributed by atoms with Crippen LogP contribution in [0.5, 0.6) is 0 Å². The average Bonchev–Trinajstić information content (AvgIpc) is 2.70. The standard InChI is InChI=1S/C17H32N4O6S2/c1-4-9(2)13(16(25)19-11(17(26)27)5-6-29-3)21-15(24)12(7-22)20-14(23)10(18)8-28/h9-13,22,28H,4-8,18H2,1-3H3,(H,19,25)(H,20,23)(H,21,24)(H,26,27). The summed E-state index contributed by atoms with van der Waals surface area (Å²) in [6, 6.07) is -4.38. The minimum absolute atomic E-state index is 0.0517. The molecule has 10 nitrogen and oxygen atoms in total. The molecule has 3 amide bonds. The van der Waals surface area contributed by atoms with Crippen LogP contribution in [0.4, 0.5) is 0 Å². The van der Waals surface area contributed by atoms with E-state index in [0.29, 0.717) is 12.2 Å². The van der Waals surface area contributed by atoms with E-state index in [9.17, 15) is 29.4 Å². The Morgan fingerprint density at radius 2 is 1.66 bits per heavy atom. The van der Waals surface area contributed by atoms with Crippen molar-refractivity contribution in [2.45, 2.75) is 50.9 Å². The number of thiol groups is 1. The second-order valence-electron chi connectivity index (χ2n) is 6.59. The molecule has 7 N–H and O–H groups in total. The molecule has 0 aromatic carbocycles. The molecule has 0 aromatic heterocycles. The van der Waals surface area contributed by atoms with Gasteiger partial charge in [0, 0.05) is 5.75 Å². The molecular weight excluding hydrogens is 420 g/mol. The number of hydrogen-bond acceptors (Lipinski definition) is 8. The summed E-state index contributed by atoms with van der Waals surface area (Å²) in [5.41, 5.74) is 5.54. The Kier molecular flexibility index (Phi) is 13.7. The van der Waals surface area contributed by atoms with Crippen molar-refractivity contribution in [2.75, 3.05) is 24.4 Å². The summed E-state index contributed by atoms with van der Waals surface area (Å²) in [4.78, 5) is 48.4. The van der Waals surface area contributed by atoms with Crippen molar-refractivity contribution in [3.8, 4) is 0 Å². The second kappa shape index (κ2) is 14.5. The Bertz CT molecular complexity index is 566. The minimum Gasteiger partial charge on any atom is -0.480 e. The normalized spacial score (nSPS) is 16.1. The summed E-state index contributed by atoms with van der Waals surface area (Å²) in [6.45, 7) is 2.85. The van der Waals surface area contributed by atoms with Crippen molar-refractivity contribution >= 4 is 48.1 Å². The Hall–Kier alpha value is -1.50. The molecule has 12 heteroatoms. The van der Waals surface area contributed by atoms with E-state index in [2.05, 4.69) is 28.6 Å². The molecule has 168 valence electrons. The van der Waals surface area contributed by atoms with Gasteiger partial charge in [0.15, 0.2) is 0 Å². The predicted molar refractivity (Wildman–Crippen MR) is 115 cm³/mol. The van der Waals surface area contributed by atoms with Gasteiger partial charge in [-0.15, -0.1) is 0 Å². The Balaban J connectivity index is 5.25. The molecule has 29 heavy (non-hydrogen) atoms. The lowest BCUT2D eigenvalue weighted by molar-refractivity contribution is -0.142. The van der Waals surface area contributed by atoms with Crippen molar-refractivity contribution in [3.63, 3.8) is 0 Å². The molecule has 0 bridgehead atoms. The summed E-state index contributed by atoms with van der Waals surface area (Å²) < 4.78 is 0. The Morgan fingerprint density at radius 3 is 2.10 bits per heavy atom. The van der Waals surface area contributed by atoms with Crippen molar-refractivity contribution in [3.05, 3.63) is 0 Å². The van der Waals surface area contributed by atoms with Crippen molar-refractivity contribution in [1.29, 1.82) is 0 Å². The number of amides is 3. The maximum Gasteiger partial charge on any atom is 0.326 e. The number of nitrogens with two attached hydrogens (primary N) is 1. The van der Waals surface area contributed by atoms with Crippen LogP contribution in [0, 0.1) is 5.92 Å². The number of aliphatic hydroxyl groups excluding tert-OH is 1. The largest absolute Gasteiger partial charge is 0.480 e. The lowest BCUT2D eigenvalue weighted by Gasteiger charge is -2.27. The van der Waals surface area contributed by atoms with Crippen LogP contribution in [0.25, 0.3) is 0 Å². The maximum absolute atomic E-state index is 12.7. The van der Waals surface area contributed by atoms with E-state index in [1.54, 1.807) is 6.92 Å². The number of carboxylic acids is 1. The third-order valence-corrected chi connectivity index (χ3v) is 5.40. The van der Waals surface area contributed by atoms with Crippen LogP contribution < -0.4 is 21.7 Å². The smallest absolute Gasteiger partial charge is 0.326 e. The van der Waals surface area contributed by atoms with Gasteiger partial charge in [0.25, 0.3) is 0 Å². The van der Waals surface area contributed by atoms with Gasteiger partial charge in [-0.1, -0.05) is 20.3 Å². The van der Waals surface area contributed by atoms with Gasteiger partial charge in [0.1, 0.15) is 18.1 Å². The highest BCUT2D eigenvalue weighted by atomic mass is 32.2. The first kappa shape index (κ1) is 27.5. The zero-order valence-corrected chi connectivity index (χ0v) is 18.6. The van der Waals surface area contributed by atoms with E-state index in [0.717, 1.165) is 0 Å². The van der Waals surface area contributed by atoms with Crippen LogP contribution in [-0.2, 0) is 19.2 Å². The number of aliphatic carboxylic acids is 1. The second-order valence-corrected chi connectivity index (χ2v) is 7.94. The molecule has 0 radical (unpaired) electrons. The summed E-state index contributed by atoms with van der Waals surface area (Å²) in [5.74, 6) is -2.97. The number of carbonyl (C=O) groups is 4. The molecule has 5 atom stereocenters. The first-order valence-electron chi connectivity index (χ1n) is 9.22. The minimum atomic E-state index is -1.31. The van der Waals surface area contributed by atoms with Crippen LogP contribution >= 0.6 is 24.4 Å². The van der Waals surface area contributed by atoms with Gasteiger partial charge >= 0.3 is 5.97 Å². The summed E-state index contributed by atoms with van der Waals surface area (Å²) in [6.07, 6.45) is 2.59. The topological polar surface area (TPSA) is 171 Å². The fraction of sp³-hybridized carbons (Fsp3) is 0.765. The lowest BCUT2D eigenvalue weighted by atomic mass is 9.97. The molecule has 0 aliphatic rings. The highest BCUT2D eigenvalue weighted by Gasteiger charge is 2.32. The van der Waals surface area contributed by atoms with Gasteiger partial charge in [-0.25, -0.2) is 4.79 Å². The molecule has 0 heterocycles. The highest BCUT2D eigenvalue weighted by molar-refractivity contribution is 7.98. The first-order chi connectivity index (χ1) is 13.6. The van der Waals surface area contributed by atoms with Crippen LogP contribution in [0.2, 0.25) is 0 Å². The summed E-state index contributed by atoms with van der Waals surface area (Å²) in [7, 11) is 0. The van der Waals surface area contributed by atoms with Gasteiger partial charge in [-0.2, -0.15) is 24.4 Å². The van der Waals surface area contributed by atoms with Gasteiger partial charge in [-0.3, -0.25) is 14.4 Å². The SMILES string of the molecule is CCC(C)C(NC(=O)C(CO)NC(=O)C(N)CS)C(=O)NC(CCSC)C(=O)O. The monoisotopic (exact) mass is 452 g/mol. The number of carbonyl (C=O) groups excluding carboxylic acids is 3. The molecule has 5 unspecified atom stereocenters. The summed E-state index contributed by atoms with van der Waals surface area (Å²) in [5, 5.41) is 26.0. The first-order valence-corrected chi connectivity index (χ1v) is 11.3. The zero-order valence-electron chi connectivity index (χ0n) is 16.9. The van der Waals surface area contributed by atoms with Crippen LogP contribution in [0.15, 0.2) is 0 Å². The third kappa shape index (κ3) is 9.70. The number of aliphatic hydroxyl groups is 1. The fourth-order valence-electron chi connectivity index (χ4n) is 2.27. The molecule has 0 aromatic rings. The molecule has 0 aliphatic carbocycles. The van der Waals surface area contributed by atoms with Gasteiger partial charge in [-0.05, 0) is 24.3 Å². The molecule has 0 rings (SSSR count). The molecule has 0 saturated heterocycles. The van der Waals surface area contributed by atoms with E-state index in [4.69, 9.17) is 5.73 Å². The zero-order chi connectivity index (χ0) is 22.6. The van der Waals surface area contributed by atoms with E-state index >= 15 is 0 Å². The van der Waals surface area contributed by atoms with Crippen LogP contribution in [-0.4, -0.2) is 82.4 Å².